The molecule has 28 heavy (non-hydrogen) atoms. The first-order valence-electron chi connectivity index (χ1n) is 8.98. The topological polar surface area (TPSA) is 90.5 Å². The molecule has 0 amide bonds. The van der Waals surface area contributed by atoms with Gasteiger partial charge in [0, 0.05) is 38.0 Å². The van der Waals surface area contributed by atoms with Gasteiger partial charge in [0.1, 0.15) is 12.0 Å². The molecule has 148 valence electrons. The molecule has 3 aromatic rings. The van der Waals surface area contributed by atoms with Crippen LogP contribution in [0.4, 0.5) is 0 Å². The van der Waals surface area contributed by atoms with E-state index in [1.54, 1.807) is 26.6 Å². The highest BCUT2D eigenvalue weighted by atomic mass is 32.2. The fourth-order valence-corrected chi connectivity index (χ4v) is 4.50. The summed E-state index contributed by atoms with van der Waals surface area (Å²) < 4.78 is 39.1. The summed E-state index contributed by atoms with van der Waals surface area (Å²) in [5.41, 5.74) is 1.48. The summed E-state index contributed by atoms with van der Waals surface area (Å²) in [4.78, 5) is 8.99. The van der Waals surface area contributed by atoms with Crippen LogP contribution in [0, 0.1) is 5.92 Å². The van der Waals surface area contributed by atoms with E-state index in [0.717, 1.165) is 5.56 Å². The number of rotatable bonds is 6. The first-order valence-corrected chi connectivity index (χ1v) is 10.6. The number of oxazole rings is 1. The molecule has 0 saturated carbocycles. The van der Waals surface area contributed by atoms with Gasteiger partial charge in [0.25, 0.3) is 0 Å². The van der Waals surface area contributed by atoms with Gasteiger partial charge in [-0.2, -0.15) is 0 Å². The zero-order valence-corrected chi connectivity index (χ0v) is 16.5. The Kier molecular flexibility index (Phi) is 5.05. The van der Waals surface area contributed by atoms with Gasteiger partial charge in [0.15, 0.2) is 5.82 Å². The van der Waals surface area contributed by atoms with Crippen molar-refractivity contribution in [3.05, 3.63) is 49.0 Å². The largest absolute Gasteiger partial charge is 0.444 e. The van der Waals surface area contributed by atoms with Gasteiger partial charge in [-0.05, 0) is 12.1 Å². The highest BCUT2D eigenvalue weighted by Crippen LogP contribution is 2.32. The van der Waals surface area contributed by atoms with E-state index in [4.69, 9.17) is 9.15 Å². The fourth-order valence-electron chi connectivity index (χ4n) is 3.34. The molecule has 1 fully saturated rings. The Labute approximate surface area is 163 Å². The molecule has 1 aliphatic rings. The Morgan fingerprint density at radius 1 is 1.21 bits per heavy atom. The summed E-state index contributed by atoms with van der Waals surface area (Å²) in [6.07, 6.45) is 5.09. The van der Waals surface area contributed by atoms with Gasteiger partial charge >= 0.3 is 0 Å². The van der Waals surface area contributed by atoms with Crippen LogP contribution in [0.2, 0.25) is 0 Å². The average molecular weight is 402 g/mol. The number of benzene rings is 1. The zero-order valence-electron chi connectivity index (χ0n) is 15.7. The van der Waals surface area contributed by atoms with Crippen LogP contribution >= 0.6 is 0 Å². The molecule has 1 saturated heterocycles. The molecule has 0 N–H and O–H groups in total. The van der Waals surface area contributed by atoms with E-state index in [1.165, 1.54) is 4.31 Å². The summed E-state index contributed by atoms with van der Waals surface area (Å²) >= 11 is 0. The Bertz CT molecular complexity index is 1040. The number of imidazole rings is 1. The van der Waals surface area contributed by atoms with Gasteiger partial charge in [0.2, 0.25) is 15.9 Å². The second kappa shape index (κ2) is 7.50. The Balaban J connectivity index is 1.62. The molecule has 4 rings (SSSR count). The van der Waals surface area contributed by atoms with Crippen LogP contribution in [0.1, 0.15) is 6.04 Å². The molecular formula is C19H22N4O4S. The lowest BCUT2D eigenvalue weighted by Crippen LogP contribution is -2.32. The third-order valence-electron chi connectivity index (χ3n) is 4.93. The minimum atomic E-state index is -3.33. The molecule has 1 aliphatic heterocycles. The van der Waals surface area contributed by atoms with E-state index in [9.17, 15) is 8.42 Å². The Hall–Kier alpha value is -2.49. The molecule has 3 heterocycles. The summed E-state index contributed by atoms with van der Waals surface area (Å²) in [6, 6.07) is 9.49. The molecule has 0 spiro atoms. The van der Waals surface area contributed by atoms with Crippen LogP contribution < -0.4 is 0 Å². The van der Waals surface area contributed by atoms with Crippen molar-refractivity contribution < 1.29 is 17.6 Å². The number of hydrogen-bond donors (Lipinski definition) is 0. The van der Waals surface area contributed by atoms with Crippen molar-refractivity contribution >= 4 is 10.0 Å². The van der Waals surface area contributed by atoms with Crippen molar-refractivity contribution in [2.75, 3.05) is 33.1 Å². The zero-order chi connectivity index (χ0) is 19.7. The summed E-state index contributed by atoms with van der Waals surface area (Å²) in [5.74, 6) is 1.00. The lowest BCUT2D eigenvalue weighted by atomic mass is 10.1. The Morgan fingerprint density at radius 3 is 2.75 bits per heavy atom. The molecule has 0 radical (unpaired) electrons. The summed E-state index contributed by atoms with van der Waals surface area (Å²) in [7, 11) is -0.240. The molecule has 8 nitrogen and oxygen atoms in total. The fraction of sp³-hybridized carbons (Fsp3) is 0.368. The number of ether oxygens (including phenoxy) is 1. The first-order chi connectivity index (χ1) is 13.5. The maximum Gasteiger partial charge on any atom is 0.226 e. The quantitative estimate of drug-likeness (QED) is 0.628. The van der Waals surface area contributed by atoms with E-state index in [0.29, 0.717) is 30.6 Å². The van der Waals surface area contributed by atoms with Crippen molar-refractivity contribution in [3.8, 4) is 23.0 Å². The number of nitrogens with zero attached hydrogens (tertiary/aromatic N) is 4. The standard InChI is InChI=1S/C19H22N4O4S/c1-22(2)28(24,25)13-15-10-26-12-17(15)23-9-8-20-18(23)16-11-27-19(21-16)14-6-4-3-5-7-14/h3-9,11,15,17H,10,12-13H2,1-2H3/t15-,17+/m0/s1. The highest BCUT2D eigenvalue weighted by Gasteiger charge is 2.35. The molecule has 2 atom stereocenters. The summed E-state index contributed by atoms with van der Waals surface area (Å²) in [5, 5.41) is 0. The summed E-state index contributed by atoms with van der Waals surface area (Å²) in [6.45, 7) is 0.823. The van der Waals surface area contributed by atoms with Crippen molar-refractivity contribution in [1.29, 1.82) is 0 Å². The van der Waals surface area contributed by atoms with Gasteiger partial charge in [-0.15, -0.1) is 0 Å². The molecule has 9 heteroatoms. The number of sulfonamides is 1. The lowest BCUT2D eigenvalue weighted by Gasteiger charge is -2.22. The van der Waals surface area contributed by atoms with Gasteiger partial charge in [-0.25, -0.2) is 22.7 Å². The number of aromatic nitrogens is 3. The molecule has 0 aliphatic carbocycles. The van der Waals surface area contributed by atoms with Crippen LogP contribution in [-0.4, -0.2) is 60.3 Å². The van der Waals surface area contributed by atoms with Crippen LogP contribution in [-0.2, 0) is 14.8 Å². The van der Waals surface area contributed by atoms with Crippen LogP contribution in [0.15, 0.2) is 53.4 Å². The van der Waals surface area contributed by atoms with E-state index < -0.39 is 10.0 Å². The maximum atomic E-state index is 12.3. The van der Waals surface area contributed by atoms with E-state index in [2.05, 4.69) is 9.97 Å². The number of hydrogen-bond acceptors (Lipinski definition) is 6. The average Bonchev–Trinajstić information content (AvgIpc) is 3.41. The predicted molar refractivity (Wildman–Crippen MR) is 104 cm³/mol. The van der Waals surface area contributed by atoms with Gasteiger partial charge < -0.3 is 13.7 Å². The molecule has 0 bridgehead atoms. The van der Waals surface area contributed by atoms with E-state index in [1.807, 2.05) is 41.1 Å². The minimum absolute atomic E-state index is 0.0242. The molecule has 2 aromatic heterocycles. The SMILES string of the molecule is CN(C)S(=O)(=O)C[C@@H]1COC[C@H]1n1ccnc1-c1coc(-c2ccccc2)n1. The maximum absolute atomic E-state index is 12.3. The van der Waals surface area contributed by atoms with Crippen molar-refractivity contribution in [2.45, 2.75) is 6.04 Å². The monoisotopic (exact) mass is 402 g/mol. The van der Waals surface area contributed by atoms with E-state index in [-0.39, 0.29) is 17.7 Å². The van der Waals surface area contributed by atoms with Crippen molar-refractivity contribution in [3.63, 3.8) is 0 Å². The van der Waals surface area contributed by atoms with Crippen molar-refractivity contribution in [1.82, 2.24) is 18.8 Å². The normalized spacial score (nSPS) is 20.1. The highest BCUT2D eigenvalue weighted by molar-refractivity contribution is 7.89. The predicted octanol–water partition coefficient (Wildman–Crippen LogP) is 2.28. The molecule has 0 unspecified atom stereocenters. The van der Waals surface area contributed by atoms with Gasteiger partial charge in [-0.1, -0.05) is 18.2 Å². The third kappa shape index (κ3) is 3.60. The third-order valence-corrected chi connectivity index (χ3v) is 6.89. The second-order valence-electron chi connectivity index (χ2n) is 6.99. The smallest absolute Gasteiger partial charge is 0.226 e. The van der Waals surface area contributed by atoms with E-state index >= 15 is 0 Å². The minimum Gasteiger partial charge on any atom is -0.444 e. The lowest BCUT2D eigenvalue weighted by molar-refractivity contribution is 0.182. The van der Waals surface area contributed by atoms with Crippen LogP contribution in [0.5, 0.6) is 0 Å². The van der Waals surface area contributed by atoms with Crippen LogP contribution in [0.25, 0.3) is 23.0 Å². The van der Waals surface area contributed by atoms with Crippen molar-refractivity contribution in [2.24, 2.45) is 5.92 Å². The first kappa shape index (κ1) is 18.9. The molecular weight excluding hydrogens is 380 g/mol. The molecule has 1 aromatic carbocycles. The Morgan fingerprint density at radius 2 is 2.00 bits per heavy atom. The van der Waals surface area contributed by atoms with Gasteiger partial charge in [0.05, 0.1) is 25.0 Å². The second-order valence-corrected chi connectivity index (χ2v) is 9.22. The van der Waals surface area contributed by atoms with Crippen LogP contribution in [0.3, 0.4) is 0 Å². The van der Waals surface area contributed by atoms with Gasteiger partial charge in [-0.3, -0.25) is 0 Å².